The molecule has 1 saturated carbocycles. The van der Waals surface area contributed by atoms with Crippen molar-refractivity contribution >= 4 is 28.7 Å². The molecular formula is C28H30F4N8O. The molecule has 0 spiro atoms. The molecule has 41 heavy (non-hydrogen) atoms. The first-order chi connectivity index (χ1) is 19.6. The number of rotatable bonds is 8. The summed E-state index contributed by atoms with van der Waals surface area (Å²) in [6.07, 6.45) is 1.85. The fraction of sp³-hybridized carbons (Fsp3) is 0.429. The number of hydrogen-bond donors (Lipinski definition) is 2. The number of hydrogen-bond acceptors (Lipinski definition) is 6. The summed E-state index contributed by atoms with van der Waals surface area (Å²) in [4.78, 5) is 27.2. The van der Waals surface area contributed by atoms with E-state index in [1.54, 1.807) is 12.4 Å². The Morgan fingerprint density at radius 1 is 1.15 bits per heavy atom. The Labute approximate surface area is 233 Å². The third kappa shape index (κ3) is 6.34. The highest BCUT2D eigenvalue weighted by atomic mass is 19.4. The van der Waals surface area contributed by atoms with Crippen molar-refractivity contribution in [3.8, 4) is 11.1 Å². The van der Waals surface area contributed by atoms with Gasteiger partial charge in [-0.1, -0.05) is 0 Å². The summed E-state index contributed by atoms with van der Waals surface area (Å²) in [5.74, 6) is 0.202. The van der Waals surface area contributed by atoms with E-state index >= 15 is 4.39 Å². The standard InChI is InChI=1S/C28H30F4N8O/c1-17(38-6-8-39(9-7-38)25(41)13-28(30,31)32)19-4-5-33-24(12-19)36-27-35-23-11-20(10-22(29)26(23)37-27)21-14-34-40(16-21)15-18-2-3-18/h4-5,10-12,14,16-18H,2-3,6-9,13,15H2,1H3,(H2,33,35,36,37). The Morgan fingerprint density at radius 3 is 2.66 bits per heavy atom. The lowest BCUT2D eigenvalue weighted by molar-refractivity contribution is -0.162. The van der Waals surface area contributed by atoms with Crippen molar-refractivity contribution in [3.63, 3.8) is 0 Å². The zero-order valence-corrected chi connectivity index (χ0v) is 22.5. The largest absolute Gasteiger partial charge is 0.397 e. The monoisotopic (exact) mass is 570 g/mol. The topological polar surface area (TPSA) is 95.0 Å². The van der Waals surface area contributed by atoms with Crippen LogP contribution >= 0.6 is 0 Å². The van der Waals surface area contributed by atoms with Gasteiger partial charge < -0.3 is 15.2 Å². The number of halogens is 4. The lowest BCUT2D eigenvalue weighted by atomic mass is 10.1. The molecule has 3 aromatic heterocycles. The number of nitrogens with one attached hydrogen (secondary N) is 2. The quantitative estimate of drug-likeness (QED) is 0.280. The summed E-state index contributed by atoms with van der Waals surface area (Å²) in [6, 6.07) is 6.97. The third-order valence-corrected chi connectivity index (χ3v) is 7.73. The first-order valence-electron chi connectivity index (χ1n) is 13.6. The molecule has 4 aromatic rings. The molecule has 2 aliphatic rings. The highest BCUT2D eigenvalue weighted by Gasteiger charge is 2.35. The summed E-state index contributed by atoms with van der Waals surface area (Å²) >= 11 is 0. The van der Waals surface area contributed by atoms with Crippen molar-refractivity contribution in [2.45, 2.75) is 44.9 Å². The van der Waals surface area contributed by atoms with Gasteiger partial charge >= 0.3 is 6.18 Å². The molecule has 216 valence electrons. The van der Waals surface area contributed by atoms with Crippen LogP contribution in [0.4, 0.5) is 29.3 Å². The van der Waals surface area contributed by atoms with E-state index in [9.17, 15) is 18.0 Å². The molecular weight excluding hydrogens is 540 g/mol. The first kappa shape index (κ1) is 27.2. The van der Waals surface area contributed by atoms with Crippen LogP contribution in [-0.2, 0) is 11.3 Å². The fourth-order valence-electron chi connectivity index (χ4n) is 5.23. The average Bonchev–Trinajstić information content (AvgIpc) is 3.45. The molecule has 6 rings (SSSR count). The van der Waals surface area contributed by atoms with Crippen molar-refractivity contribution in [1.29, 1.82) is 0 Å². The number of carbonyl (C=O) groups excluding carboxylic acids is 1. The van der Waals surface area contributed by atoms with Crippen molar-refractivity contribution in [3.05, 3.63) is 54.2 Å². The second-order valence-electron chi connectivity index (χ2n) is 10.8. The number of benzene rings is 1. The molecule has 2 N–H and O–H groups in total. The van der Waals surface area contributed by atoms with Crippen LogP contribution in [0.15, 0.2) is 42.9 Å². The van der Waals surface area contributed by atoms with Crippen LogP contribution in [0.2, 0.25) is 0 Å². The number of fused-ring (bicyclic) bond motifs is 1. The molecule has 13 heteroatoms. The van der Waals surface area contributed by atoms with Crippen LogP contribution in [0.1, 0.15) is 37.8 Å². The van der Waals surface area contributed by atoms with Gasteiger partial charge in [-0.25, -0.2) is 14.4 Å². The highest BCUT2D eigenvalue weighted by molar-refractivity contribution is 5.84. The predicted octanol–water partition coefficient (Wildman–Crippen LogP) is 5.27. The summed E-state index contributed by atoms with van der Waals surface area (Å²) in [5.41, 5.74) is 3.24. The van der Waals surface area contributed by atoms with Crippen molar-refractivity contribution in [2.24, 2.45) is 5.92 Å². The summed E-state index contributed by atoms with van der Waals surface area (Å²) in [6.45, 7) is 4.27. The number of aromatic amines is 1. The summed E-state index contributed by atoms with van der Waals surface area (Å²) < 4.78 is 54.7. The minimum Gasteiger partial charge on any atom is -0.340 e. The molecule has 0 bridgehead atoms. The van der Waals surface area contributed by atoms with Crippen molar-refractivity contribution in [1.82, 2.24) is 34.5 Å². The third-order valence-electron chi connectivity index (χ3n) is 7.73. The zero-order valence-electron chi connectivity index (χ0n) is 22.5. The summed E-state index contributed by atoms with van der Waals surface area (Å²) in [5, 5.41) is 7.53. The minimum atomic E-state index is -4.50. The van der Waals surface area contributed by atoms with E-state index in [0.29, 0.717) is 41.9 Å². The van der Waals surface area contributed by atoms with Gasteiger partial charge in [-0.3, -0.25) is 14.4 Å². The van der Waals surface area contributed by atoms with E-state index in [2.05, 4.69) is 30.3 Å². The second kappa shape index (κ2) is 10.8. The number of imidazole rings is 1. The molecule has 1 aliphatic heterocycles. The molecule has 1 saturated heterocycles. The molecule has 1 amide bonds. The molecule has 1 aromatic carbocycles. The van der Waals surface area contributed by atoms with Gasteiger partial charge in [-0.15, -0.1) is 0 Å². The van der Waals surface area contributed by atoms with Gasteiger partial charge in [-0.2, -0.15) is 18.3 Å². The first-order valence-corrected chi connectivity index (χ1v) is 13.6. The van der Waals surface area contributed by atoms with Crippen LogP contribution in [0.3, 0.4) is 0 Å². The SMILES string of the molecule is CC(c1ccnc(Nc2nc3c(F)cc(-c4cnn(CC5CC5)c4)cc3[nH]2)c1)N1CCN(C(=O)CC(F)(F)F)CC1. The van der Waals surface area contributed by atoms with E-state index in [4.69, 9.17) is 0 Å². The molecule has 1 atom stereocenters. The smallest absolute Gasteiger partial charge is 0.340 e. The maximum Gasteiger partial charge on any atom is 0.397 e. The van der Waals surface area contributed by atoms with Crippen molar-refractivity contribution in [2.75, 3.05) is 31.5 Å². The molecule has 1 aliphatic carbocycles. The maximum absolute atomic E-state index is 15.0. The summed E-state index contributed by atoms with van der Waals surface area (Å²) in [7, 11) is 0. The van der Waals surface area contributed by atoms with Gasteiger partial charge in [0.15, 0.2) is 5.82 Å². The lowest BCUT2D eigenvalue weighted by Gasteiger charge is -2.38. The van der Waals surface area contributed by atoms with Crippen LogP contribution in [-0.4, -0.2) is 72.8 Å². The number of H-pyrrole nitrogens is 1. The Kier molecular flexibility index (Phi) is 7.14. The number of alkyl halides is 3. The number of nitrogens with zero attached hydrogens (tertiary/aromatic N) is 6. The molecule has 1 unspecified atom stereocenters. The molecule has 9 nitrogen and oxygen atoms in total. The highest BCUT2D eigenvalue weighted by Crippen LogP contribution is 2.32. The number of pyridine rings is 1. The zero-order chi connectivity index (χ0) is 28.7. The number of piperazine rings is 1. The predicted molar refractivity (Wildman–Crippen MR) is 145 cm³/mol. The van der Waals surface area contributed by atoms with Gasteiger partial charge in [-0.05, 0) is 61.1 Å². The van der Waals surface area contributed by atoms with Crippen LogP contribution in [0.25, 0.3) is 22.2 Å². The normalized spacial score (nSPS) is 17.2. The number of aromatic nitrogens is 5. The van der Waals surface area contributed by atoms with Gasteiger partial charge in [0, 0.05) is 56.7 Å². The second-order valence-corrected chi connectivity index (χ2v) is 10.8. The van der Waals surface area contributed by atoms with E-state index in [1.807, 2.05) is 36.0 Å². The van der Waals surface area contributed by atoms with Crippen LogP contribution in [0, 0.1) is 11.7 Å². The Hall–Kier alpha value is -4.00. The van der Waals surface area contributed by atoms with E-state index in [1.165, 1.54) is 23.8 Å². The van der Waals surface area contributed by atoms with E-state index in [0.717, 1.165) is 17.7 Å². The number of anilines is 2. The van der Waals surface area contributed by atoms with E-state index in [-0.39, 0.29) is 24.6 Å². The molecule has 2 fully saturated rings. The average molecular weight is 571 g/mol. The van der Waals surface area contributed by atoms with Gasteiger partial charge in [0.2, 0.25) is 11.9 Å². The molecule has 0 radical (unpaired) electrons. The van der Waals surface area contributed by atoms with Gasteiger partial charge in [0.1, 0.15) is 17.8 Å². The van der Waals surface area contributed by atoms with Crippen LogP contribution < -0.4 is 5.32 Å². The Morgan fingerprint density at radius 2 is 1.93 bits per heavy atom. The fourth-order valence-corrected chi connectivity index (χ4v) is 5.23. The van der Waals surface area contributed by atoms with E-state index < -0.39 is 24.3 Å². The van der Waals surface area contributed by atoms with Gasteiger partial charge in [0.05, 0.1) is 11.7 Å². The lowest BCUT2D eigenvalue weighted by Crippen LogP contribution is -2.50. The Bertz CT molecular complexity index is 1550. The van der Waals surface area contributed by atoms with Crippen molar-refractivity contribution < 1.29 is 22.4 Å². The number of carbonyl (C=O) groups is 1. The minimum absolute atomic E-state index is 0.0603. The van der Waals surface area contributed by atoms with Crippen LogP contribution in [0.5, 0.6) is 0 Å². The maximum atomic E-state index is 15.0. The number of amides is 1. The Balaban J connectivity index is 1.12. The molecule has 4 heterocycles. The van der Waals surface area contributed by atoms with Gasteiger partial charge in [0.25, 0.3) is 0 Å².